The van der Waals surface area contributed by atoms with Gasteiger partial charge in [0.1, 0.15) is 0 Å². The van der Waals surface area contributed by atoms with Gasteiger partial charge in [0.2, 0.25) is 15.9 Å². The Morgan fingerprint density at radius 2 is 1.74 bits per heavy atom. The number of nitrogens with zero attached hydrogens (tertiary/aromatic N) is 1. The van der Waals surface area contributed by atoms with E-state index in [-0.39, 0.29) is 22.9 Å². The highest BCUT2D eigenvalue weighted by atomic mass is 32.2. The van der Waals surface area contributed by atoms with E-state index in [4.69, 9.17) is 0 Å². The first-order chi connectivity index (χ1) is 14.8. The second-order valence-electron chi connectivity index (χ2n) is 8.12. The zero-order valence-electron chi connectivity index (χ0n) is 18.3. The van der Waals surface area contributed by atoms with Crippen molar-refractivity contribution < 1.29 is 13.2 Å². The zero-order chi connectivity index (χ0) is 22.4. The monoisotopic (exact) mass is 441 g/mol. The van der Waals surface area contributed by atoms with Crippen molar-refractivity contribution >= 4 is 22.0 Å². The number of nitrogens with one attached hydrogen (secondary N) is 2. The smallest absolute Gasteiger partial charge is 0.244 e. The number of likely N-dealkylation sites (N-methyl/N-ethyl adjacent to an activating group) is 1. The standard InChI is InChI=1S/C24H31N3O3S/c1-4-18-5-10-20(11-6-18)23(27(2)3)17-25-24(28)16-9-19-7-14-22(15-8-19)31(29,30)26-21-12-13-21/h5-11,14-16,21,23,26H,4,12-13,17H2,1-3H3,(H,25,28)/b16-9+. The van der Waals surface area contributed by atoms with Gasteiger partial charge in [0.25, 0.3) is 0 Å². The summed E-state index contributed by atoms with van der Waals surface area (Å²) in [6, 6.07) is 15.1. The van der Waals surface area contributed by atoms with Crippen LogP contribution in [0.2, 0.25) is 0 Å². The van der Waals surface area contributed by atoms with Gasteiger partial charge in [0.15, 0.2) is 0 Å². The number of carbonyl (C=O) groups excluding carboxylic acids is 1. The maximum atomic E-state index is 12.3. The lowest BCUT2D eigenvalue weighted by molar-refractivity contribution is -0.116. The van der Waals surface area contributed by atoms with E-state index in [9.17, 15) is 13.2 Å². The Morgan fingerprint density at radius 3 is 2.29 bits per heavy atom. The number of benzene rings is 2. The fourth-order valence-corrected chi connectivity index (χ4v) is 4.55. The third-order valence-corrected chi connectivity index (χ3v) is 6.92. The first-order valence-electron chi connectivity index (χ1n) is 10.6. The first kappa shape index (κ1) is 23.2. The van der Waals surface area contributed by atoms with E-state index in [1.54, 1.807) is 30.3 Å². The average molecular weight is 442 g/mol. The predicted molar refractivity (Wildman–Crippen MR) is 124 cm³/mol. The molecular weight excluding hydrogens is 410 g/mol. The molecule has 1 unspecified atom stereocenters. The maximum absolute atomic E-state index is 12.3. The minimum atomic E-state index is -3.46. The summed E-state index contributed by atoms with van der Waals surface area (Å²) in [5, 5.41) is 2.95. The Kier molecular flexibility index (Phi) is 7.64. The third-order valence-electron chi connectivity index (χ3n) is 5.38. The van der Waals surface area contributed by atoms with E-state index >= 15 is 0 Å². The van der Waals surface area contributed by atoms with Crippen molar-refractivity contribution in [3.05, 3.63) is 71.3 Å². The lowest BCUT2D eigenvalue weighted by atomic mass is 10.0. The van der Waals surface area contributed by atoms with Crippen LogP contribution in [0.1, 0.15) is 42.5 Å². The van der Waals surface area contributed by atoms with E-state index in [0.717, 1.165) is 30.4 Å². The van der Waals surface area contributed by atoms with E-state index in [0.29, 0.717) is 6.54 Å². The van der Waals surface area contributed by atoms with Gasteiger partial charge in [-0.1, -0.05) is 43.3 Å². The topological polar surface area (TPSA) is 78.5 Å². The van der Waals surface area contributed by atoms with Crippen molar-refractivity contribution in [3.8, 4) is 0 Å². The molecule has 1 saturated carbocycles. The van der Waals surface area contributed by atoms with E-state index in [1.807, 2.05) is 14.1 Å². The van der Waals surface area contributed by atoms with Crippen LogP contribution in [0.4, 0.5) is 0 Å². The molecule has 0 aromatic heterocycles. The quantitative estimate of drug-likeness (QED) is 0.556. The molecule has 7 heteroatoms. The highest BCUT2D eigenvalue weighted by Gasteiger charge is 2.27. The van der Waals surface area contributed by atoms with Crippen molar-refractivity contribution in [1.82, 2.24) is 14.9 Å². The molecule has 1 aliphatic rings. The molecule has 0 bridgehead atoms. The molecule has 1 atom stereocenters. The maximum Gasteiger partial charge on any atom is 0.244 e. The average Bonchev–Trinajstić information content (AvgIpc) is 3.56. The SMILES string of the molecule is CCc1ccc(C(CNC(=O)/C=C/c2ccc(S(=O)(=O)NC3CC3)cc2)N(C)C)cc1. The number of aryl methyl sites for hydroxylation is 1. The Bertz CT molecular complexity index is 1010. The minimum Gasteiger partial charge on any atom is -0.351 e. The number of sulfonamides is 1. The molecule has 1 amide bonds. The second kappa shape index (κ2) is 10.2. The third kappa shape index (κ3) is 6.75. The number of rotatable bonds is 10. The molecule has 166 valence electrons. The molecule has 2 aromatic carbocycles. The van der Waals surface area contributed by atoms with E-state index < -0.39 is 10.0 Å². The van der Waals surface area contributed by atoms with Crippen LogP contribution in [0.5, 0.6) is 0 Å². The van der Waals surface area contributed by atoms with Gasteiger partial charge >= 0.3 is 0 Å². The fourth-order valence-electron chi connectivity index (χ4n) is 3.25. The first-order valence-corrected chi connectivity index (χ1v) is 12.1. The minimum absolute atomic E-state index is 0.0730. The van der Waals surface area contributed by atoms with Crippen molar-refractivity contribution in [1.29, 1.82) is 0 Å². The van der Waals surface area contributed by atoms with Gasteiger partial charge < -0.3 is 10.2 Å². The summed E-state index contributed by atoms with van der Waals surface area (Å²) < 4.78 is 27.1. The molecule has 2 N–H and O–H groups in total. The van der Waals surface area contributed by atoms with Crippen LogP contribution in [0, 0.1) is 0 Å². The molecule has 2 aromatic rings. The van der Waals surface area contributed by atoms with Gasteiger partial charge in [-0.05, 0) is 68.3 Å². The van der Waals surface area contributed by atoms with Gasteiger partial charge in [-0.25, -0.2) is 13.1 Å². The van der Waals surface area contributed by atoms with Crippen LogP contribution >= 0.6 is 0 Å². The molecule has 31 heavy (non-hydrogen) atoms. The Morgan fingerprint density at radius 1 is 1.10 bits per heavy atom. The summed E-state index contributed by atoms with van der Waals surface area (Å²) in [7, 11) is 0.528. The molecule has 0 saturated heterocycles. The molecular formula is C24H31N3O3S. The summed E-state index contributed by atoms with van der Waals surface area (Å²) in [6.07, 6.45) is 5.94. The molecule has 0 radical (unpaired) electrons. The summed E-state index contributed by atoms with van der Waals surface area (Å²) >= 11 is 0. The van der Waals surface area contributed by atoms with Crippen LogP contribution in [0.3, 0.4) is 0 Å². The Balaban J connectivity index is 1.56. The molecule has 1 aliphatic carbocycles. The molecule has 6 nitrogen and oxygen atoms in total. The van der Waals surface area contributed by atoms with Crippen molar-refractivity contribution in [3.63, 3.8) is 0 Å². The summed E-state index contributed by atoms with van der Waals surface area (Å²) in [4.78, 5) is 14.6. The lowest BCUT2D eigenvalue weighted by Gasteiger charge is -2.25. The number of hydrogen-bond acceptors (Lipinski definition) is 4. The summed E-state index contributed by atoms with van der Waals surface area (Å²) in [6.45, 7) is 2.62. The normalized spacial score (nSPS) is 15.4. The zero-order valence-corrected chi connectivity index (χ0v) is 19.2. The van der Waals surface area contributed by atoms with Crippen molar-refractivity contribution in [2.45, 2.75) is 43.2 Å². The lowest BCUT2D eigenvalue weighted by Crippen LogP contribution is -2.33. The number of hydrogen-bond donors (Lipinski definition) is 2. The highest BCUT2D eigenvalue weighted by Crippen LogP contribution is 2.22. The van der Waals surface area contributed by atoms with Crippen LogP contribution in [0.25, 0.3) is 6.08 Å². The summed E-state index contributed by atoms with van der Waals surface area (Å²) in [5.74, 6) is -0.191. The molecule has 3 rings (SSSR count). The van der Waals surface area contributed by atoms with Gasteiger partial charge in [-0.2, -0.15) is 0 Å². The van der Waals surface area contributed by atoms with E-state index in [1.165, 1.54) is 11.6 Å². The van der Waals surface area contributed by atoms with Gasteiger partial charge in [-0.15, -0.1) is 0 Å². The van der Waals surface area contributed by atoms with E-state index in [2.05, 4.69) is 46.1 Å². The molecule has 0 heterocycles. The van der Waals surface area contributed by atoms with Gasteiger partial charge in [-0.3, -0.25) is 4.79 Å². The highest BCUT2D eigenvalue weighted by molar-refractivity contribution is 7.89. The molecule has 1 fully saturated rings. The van der Waals surface area contributed by atoms with Crippen LogP contribution in [-0.4, -0.2) is 45.9 Å². The van der Waals surface area contributed by atoms with Crippen LogP contribution in [-0.2, 0) is 21.2 Å². The predicted octanol–water partition coefficient (Wildman–Crippen LogP) is 3.12. The second-order valence-corrected chi connectivity index (χ2v) is 9.83. The molecule has 0 aliphatic heterocycles. The van der Waals surface area contributed by atoms with Crippen molar-refractivity contribution in [2.24, 2.45) is 0 Å². The summed E-state index contributed by atoms with van der Waals surface area (Å²) in [5.41, 5.74) is 3.21. The number of amides is 1. The van der Waals surface area contributed by atoms with Crippen molar-refractivity contribution in [2.75, 3.05) is 20.6 Å². The Labute approximate surface area is 185 Å². The Hall–Kier alpha value is -2.48. The number of carbonyl (C=O) groups is 1. The largest absolute Gasteiger partial charge is 0.351 e. The molecule has 0 spiro atoms. The van der Waals surface area contributed by atoms with Crippen LogP contribution < -0.4 is 10.0 Å². The van der Waals surface area contributed by atoms with Gasteiger partial charge in [0, 0.05) is 18.7 Å². The van der Waals surface area contributed by atoms with Gasteiger partial charge in [0.05, 0.1) is 10.9 Å². The fraction of sp³-hybridized carbons (Fsp3) is 0.375. The van der Waals surface area contributed by atoms with Crippen LogP contribution in [0.15, 0.2) is 59.5 Å².